The predicted octanol–water partition coefficient (Wildman–Crippen LogP) is 4.57. The Labute approximate surface area is 163 Å². The van der Waals surface area contributed by atoms with E-state index < -0.39 is 6.36 Å². The molecule has 0 amide bonds. The van der Waals surface area contributed by atoms with Gasteiger partial charge in [-0.15, -0.1) is 13.2 Å². The Bertz CT molecular complexity index is 753. The van der Waals surface area contributed by atoms with Crippen LogP contribution in [0.5, 0.6) is 11.5 Å². The normalized spacial score (nSPS) is 20.4. The zero-order chi connectivity index (χ0) is 20.0. The summed E-state index contributed by atoms with van der Waals surface area (Å²) in [6.07, 6.45) is -1.56. The smallest absolute Gasteiger partial charge is 0.496 e. The molecule has 1 fully saturated rings. The number of ether oxygens (including phenoxy) is 2. The van der Waals surface area contributed by atoms with Crippen LogP contribution < -0.4 is 20.1 Å². The van der Waals surface area contributed by atoms with Crippen molar-refractivity contribution < 1.29 is 22.6 Å². The summed E-state index contributed by atoms with van der Waals surface area (Å²) in [5.74, 6) is 0.281. The molecule has 0 radical (unpaired) electrons. The number of halogens is 3. The molecule has 28 heavy (non-hydrogen) atoms. The van der Waals surface area contributed by atoms with Gasteiger partial charge in [-0.25, -0.2) is 0 Å². The second kappa shape index (κ2) is 9.30. The molecule has 0 bridgehead atoms. The summed E-state index contributed by atoms with van der Waals surface area (Å²) in [6, 6.07) is 14.6. The monoisotopic (exact) mass is 394 g/mol. The largest absolute Gasteiger partial charge is 0.573 e. The maximum Gasteiger partial charge on any atom is 0.573 e. The highest BCUT2D eigenvalue weighted by Gasteiger charge is 2.31. The van der Waals surface area contributed by atoms with Gasteiger partial charge in [0, 0.05) is 24.2 Å². The first-order chi connectivity index (χ1) is 13.5. The van der Waals surface area contributed by atoms with Gasteiger partial charge in [0.2, 0.25) is 0 Å². The third-order valence-corrected chi connectivity index (χ3v) is 4.91. The van der Waals surface area contributed by atoms with Crippen molar-refractivity contribution in [2.45, 2.75) is 44.3 Å². The highest BCUT2D eigenvalue weighted by atomic mass is 19.4. The van der Waals surface area contributed by atoms with Gasteiger partial charge in [-0.05, 0) is 43.1 Å². The fourth-order valence-corrected chi connectivity index (χ4v) is 3.62. The molecule has 2 N–H and O–H groups in total. The molecule has 2 unspecified atom stereocenters. The number of hydrogen-bond donors (Lipinski definition) is 2. The average molecular weight is 394 g/mol. The van der Waals surface area contributed by atoms with Crippen LogP contribution in [0.2, 0.25) is 0 Å². The second-order valence-corrected chi connectivity index (χ2v) is 6.85. The molecule has 7 heteroatoms. The summed E-state index contributed by atoms with van der Waals surface area (Å²) < 4.78 is 47.0. The standard InChI is InChI=1S/C21H25F3N2O2/c1-27-19-11-10-17(28-21(22,23)24)13-16(19)14-26-18-9-5-6-12-25-20(18)15-7-3-2-4-8-15/h2-4,7-8,10-11,13,18,20,25-26H,5-6,9,12,14H2,1H3. The number of alkyl halides is 3. The summed E-state index contributed by atoms with van der Waals surface area (Å²) in [7, 11) is 1.50. The maximum atomic E-state index is 12.5. The first-order valence-corrected chi connectivity index (χ1v) is 9.40. The number of rotatable bonds is 6. The molecule has 3 rings (SSSR count). The average Bonchev–Trinajstić information content (AvgIpc) is 2.91. The van der Waals surface area contributed by atoms with Crippen molar-refractivity contribution in [1.29, 1.82) is 0 Å². The van der Waals surface area contributed by atoms with Crippen LogP contribution in [0.3, 0.4) is 0 Å². The Balaban J connectivity index is 1.75. The van der Waals surface area contributed by atoms with E-state index in [0.717, 1.165) is 25.8 Å². The fraction of sp³-hybridized carbons (Fsp3) is 0.429. The Morgan fingerprint density at radius 3 is 2.61 bits per heavy atom. The summed E-state index contributed by atoms with van der Waals surface area (Å²) in [5, 5.41) is 7.10. The molecular weight excluding hydrogens is 369 g/mol. The first-order valence-electron chi connectivity index (χ1n) is 9.40. The summed E-state index contributed by atoms with van der Waals surface area (Å²) in [6.45, 7) is 1.32. The minimum Gasteiger partial charge on any atom is -0.496 e. The van der Waals surface area contributed by atoms with Crippen LogP contribution in [0, 0.1) is 0 Å². The summed E-state index contributed by atoms with van der Waals surface area (Å²) in [5.41, 5.74) is 1.82. The van der Waals surface area contributed by atoms with E-state index in [9.17, 15) is 13.2 Å². The van der Waals surface area contributed by atoms with Gasteiger partial charge in [-0.2, -0.15) is 0 Å². The Kier molecular flexibility index (Phi) is 6.80. The molecule has 0 aromatic heterocycles. The number of nitrogens with one attached hydrogen (secondary N) is 2. The van der Waals surface area contributed by atoms with Crippen molar-refractivity contribution in [3.05, 3.63) is 59.7 Å². The molecule has 0 saturated carbocycles. The molecular formula is C21H25F3N2O2. The highest BCUT2D eigenvalue weighted by Crippen LogP contribution is 2.29. The Morgan fingerprint density at radius 2 is 1.89 bits per heavy atom. The minimum atomic E-state index is -4.72. The maximum absolute atomic E-state index is 12.5. The van der Waals surface area contributed by atoms with Gasteiger partial charge >= 0.3 is 6.36 Å². The lowest BCUT2D eigenvalue weighted by Crippen LogP contribution is -2.40. The van der Waals surface area contributed by atoms with Crippen LogP contribution in [0.1, 0.15) is 36.4 Å². The molecule has 2 aromatic carbocycles. The van der Waals surface area contributed by atoms with Crippen molar-refractivity contribution in [2.75, 3.05) is 13.7 Å². The van der Waals surface area contributed by atoms with E-state index in [1.54, 1.807) is 0 Å². The number of methoxy groups -OCH3 is 1. The van der Waals surface area contributed by atoms with Gasteiger partial charge in [-0.3, -0.25) is 0 Å². The van der Waals surface area contributed by atoms with Crippen LogP contribution in [0.4, 0.5) is 13.2 Å². The zero-order valence-corrected chi connectivity index (χ0v) is 15.8. The number of hydrogen-bond acceptors (Lipinski definition) is 4. The van der Waals surface area contributed by atoms with Crippen LogP contribution in [0.15, 0.2) is 48.5 Å². The van der Waals surface area contributed by atoms with Gasteiger partial charge in [-0.1, -0.05) is 36.8 Å². The molecule has 1 heterocycles. The first kappa shape index (κ1) is 20.5. The van der Waals surface area contributed by atoms with Crippen molar-refractivity contribution in [1.82, 2.24) is 10.6 Å². The fourth-order valence-electron chi connectivity index (χ4n) is 3.62. The van der Waals surface area contributed by atoms with E-state index in [1.807, 2.05) is 18.2 Å². The van der Waals surface area contributed by atoms with Crippen molar-refractivity contribution in [3.63, 3.8) is 0 Å². The molecule has 2 atom stereocenters. The van der Waals surface area contributed by atoms with Gasteiger partial charge in [0.05, 0.1) is 7.11 Å². The third-order valence-electron chi connectivity index (χ3n) is 4.91. The minimum absolute atomic E-state index is 0.143. The highest BCUT2D eigenvalue weighted by molar-refractivity contribution is 5.40. The topological polar surface area (TPSA) is 42.5 Å². The molecule has 0 spiro atoms. The Hall–Kier alpha value is -2.25. The quantitative estimate of drug-likeness (QED) is 0.753. The number of benzene rings is 2. The molecule has 4 nitrogen and oxygen atoms in total. The van der Waals surface area contributed by atoms with E-state index in [4.69, 9.17) is 4.74 Å². The Morgan fingerprint density at radius 1 is 1.11 bits per heavy atom. The lowest BCUT2D eigenvalue weighted by atomic mass is 9.96. The van der Waals surface area contributed by atoms with Gasteiger partial charge in [0.1, 0.15) is 11.5 Å². The molecule has 2 aromatic rings. The third kappa shape index (κ3) is 5.62. The lowest BCUT2D eigenvalue weighted by molar-refractivity contribution is -0.274. The van der Waals surface area contributed by atoms with E-state index in [1.165, 1.54) is 30.9 Å². The van der Waals surface area contributed by atoms with E-state index in [2.05, 4.69) is 27.5 Å². The second-order valence-electron chi connectivity index (χ2n) is 6.85. The van der Waals surface area contributed by atoms with Crippen molar-refractivity contribution in [2.24, 2.45) is 0 Å². The molecule has 0 aliphatic carbocycles. The molecule has 152 valence electrons. The summed E-state index contributed by atoms with van der Waals surface area (Å²) in [4.78, 5) is 0. The SMILES string of the molecule is COc1ccc(OC(F)(F)F)cc1CNC1CCCCNC1c1ccccc1. The van der Waals surface area contributed by atoms with Crippen LogP contribution in [-0.4, -0.2) is 26.1 Å². The van der Waals surface area contributed by atoms with E-state index in [-0.39, 0.29) is 17.8 Å². The van der Waals surface area contributed by atoms with Crippen LogP contribution in [0.25, 0.3) is 0 Å². The predicted molar refractivity (Wildman–Crippen MR) is 101 cm³/mol. The van der Waals surface area contributed by atoms with Gasteiger partial charge < -0.3 is 20.1 Å². The molecule has 1 aliphatic heterocycles. The van der Waals surface area contributed by atoms with Crippen molar-refractivity contribution >= 4 is 0 Å². The van der Waals surface area contributed by atoms with E-state index in [0.29, 0.717) is 17.9 Å². The van der Waals surface area contributed by atoms with Gasteiger partial charge in [0.15, 0.2) is 0 Å². The molecule has 1 saturated heterocycles. The van der Waals surface area contributed by atoms with Crippen LogP contribution in [-0.2, 0) is 6.54 Å². The molecule has 1 aliphatic rings. The van der Waals surface area contributed by atoms with Crippen LogP contribution >= 0.6 is 0 Å². The van der Waals surface area contributed by atoms with E-state index >= 15 is 0 Å². The summed E-state index contributed by atoms with van der Waals surface area (Å²) >= 11 is 0. The lowest BCUT2D eigenvalue weighted by Gasteiger charge is -2.28. The van der Waals surface area contributed by atoms with Gasteiger partial charge in [0.25, 0.3) is 0 Å². The van der Waals surface area contributed by atoms with Crippen molar-refractivity contribution in [3.8, 4) is 11.5 Å². The zero-order valence-electron chi connectivity index (χ0n) is 15.8.